The number of piperazine rings is 1. The second-order valence-corrected chi connectivity index (χ2v) is 8.95. The molecule has 0 saturated carbocycles. The molecule has 0 unspecified atom stereocenters. The molecule has 3 aromatic rings. The molecular weight excluding hydrogens is 489 g/mol. The number of fused-ring (bicyclic) bond motifs is 1. The smallest absolute Gasteiger partial charge is 0.320 e. The van der Waals surface area contributed by atoms with E-state index in [1.165, 1.54) is 18.5 Å². The highest BCUT2D eigenvalue weighted by Crippen LogP contribution is 2.25. The summed E-state index contributed by atoms with van der Waals surface area (Å²) in [6, 6.07) is 4.45. The second kappa shape index (κ2) is 11.1. The van der Waals surface area contributed by atoms with Crippen molar-refractivity contribution >= 4 is 46.1 Å². The third-order valence-corrected chi connectivity index (χ3v) is 6.48. The Morgan fingerprint density at radius 3 is 2.61 bits per heavy atom. The van der Waals surface area contributed by atoms with E-state index in [1.807, 2.05) is 9.80 Å². The molecule has 190 valence electrons. The van der Waals surface area contributed by atoms with Gasteiger partial charge in [-0.25, -0.2) is 29.1 Å². The van der Waals surface area contributed by atoms with Gasteiger partial charge in [-0.1, -0.05) is 11.6 Å². The molecule has 0 aliphatic carbocycles. The summed E-state index contributed by atoms with van der Waals surface area (Å²) in [5.74, 6) is 0.432. The van der Waals surface area contributed by atoms with Crippen molar-refractivity contribution in [1.82, 2.24) is 34.6 Å². The van der Waals surface area contributed by atoms with Crippen LogP contribution in [0.25, 0.3) is 11.0 Å². The number of rotatable bonds is 6. The lowest BCUT2D eigenvalue weighted by atomic mass is 10.3. The Morgan fingerprint density at radius 2 is 1.83 bits per heavy atom. The van der Waals surface area contributed by atoms with Gasteiger partial charge in [0.2, 0.25) is 5.95 Å². The van der Waals surface area contributed by atoms with Crippen molar-refractivity contribution < 1.29 is 13.9 Å². The Labute approximate surface area is 212 Å². The maximum absolute atomic E-state index is 13.5. The highest BCUT2D eigenvalue weighted by atomic mass is 35.5. The maximum atomic E-state index is 13.5. The highest BCUT2D eigenvalue weighted by Gasteiger charge is 2.26. The molecular formula is C23H27ClFN9O2. The standard InChI is InChI=1S/C23H27ClFN9O2/c24-17-13-16(1-2-18(17)25)30-21-20-19(28-15-29-21)14-27-22(31-20)26-3-4-32-5-7-33(8-6-32)23(35)34-9-11-36-12-10-34/h1-2,13-15H,3-12H2,(H,26,27,31)(H,28,29,30). The number of amides is 2. The van der Waals surface area contributed by atoms with Crippen LogP contribution in [-0.4, -0.2) is 106 Å². The van der Waals surface area contributed by atoms with E-state index in [2.05, 4.69) is 35.5 Å². The summed E-state index contributed by atoms with van der Waals surface area (Å²) < 4.78 is 18.8. The van der Waals surface area contributed by atoms with Crippen molar-refractivity contribution in [2.24, 2.45) is 0 Å². The molecule has 36 heavy (non-hydrogen) atoms. The van der Waals surface area contributed by atoms with Crippen LogP contribution in [0.3, 0.4) is 0 Å². The summed E-state index contributed by atoms with van der Waals surface area (Å²) in [6.07, 6.45) is 3.04. The van der Waals surface area contributed by atoms with Crippen LogP contribution in [0.1, 0.15) is 0 Å². The minimum Gasteiger partial charge on any atom is -0.378 e. The Hall–Kier alpha value is -3.35. The minimum absolute atomic E-state index is 0.0154. The van der Waals surface area contributed by atoms with Crippen LogP contribution < -0.4 is 10.6 Å². The summed E-state index contributed by atoms with van der Waals surface area (Å²) in [4.78, 5) is 36.2. The minimum atomic E-state index is -0.492. The van der Waals surface area contributed by atoms with E-state index < -0.39 is 5.82 Å². The van der Waals surface area contributed by atoms with Gasteiger partial charge >= 0.3 is 6.03 Å². The summed E-state index contributed by atoms with van der Waals surface area (Å²) >= 11 is 5.89. The van der Waals surface area contributed by atoms with Gasteiger partial charge in [-0.05, 0) is 18.2 Å². The van der Waals surface area contributed by atoms with Crippen LogP contribution in [-0.2, 0) is 4.74 Å². The predicted molar refractivity (Wildman–Crippen MR) is 134 cm³/mol. The first-order valence-electron chi connectivity index (χ1n) is 11.8. The number of ether oxygens (including phenoxy) is 1. The molecule has 2 amide bonds. The van der Waals surface area contributed by atoms with Crippen molar-refractivity contribution in [2.75, 3.05) is 76.2 Å². The molecule has 2 fully saturated rings. The molecule has 13 heteroatoms. The number of anilines is 3. The number of urea groups is 1. The maximum Gasteiger partial charge on any atom is 0.320 e. The van der Waals surface area contributed by atoms with Gasteiger partial charge in [0.05, 0.1) is 24.4 Å². The van der Waals surface area contributed by atoms with Crippen molar-refractivity contribution in [2.45, 2.75) is 0 Å². The third kappa shape index (κ3) is 5.72. The van der Waals surface area contributed by atoms with Gasteiger partial charge in [-0.15, -0.1) is 0 Å². The van der Waals surface area contributed by atoms with E-state index in [0.29, 0.717) is 74.4 Å². The molecule has 2 N–H and O–H groups in total. The van der Waals surface area contributed by atoms with Gasteiger partial charge < -0.3 is 25.2 Å². The number of halogens is 2. The first-order valence-corrected chi connectivity index (χ1v) is 12.2. The number of morpholine rings is 1. The molecule has 0 radical (unpaired) electrons. The van der Waals surface area contributed by atoms with Crippen LogP contribution in [0.15, 0.2) is 30.7 Å². The first-order chi connectivity index (χ1) is 17.6. The van der Waals surface area contributed by atoms with Crippen molar-refractivity contribution in [3.05, 3.63) is 41.6 Å². The van der Waals surface area contributed by atoms with E-state index >= 15 is 0 Å². The number of carbonyl (C=O) groups excluding carboxylic acids is 1. The fourth-order valence-electron chi connectivity index (χ4n) is 4.18. The average molecular weight is 516 g/mol. The van der Waals surface area contributed by atoms with E-state index in [0.717, 1.165) is 19.6 Å². The number of hydrogen-bond acceptors (Lipinski definition) is 9. The predicted octanol–water partition coefficient (Wildman–Crippen LogP) is 2.44. The van der Waals surface area contributed by atoms with Gasteiger partial charge in [0.15, 0.2) is 5.82 Å². The number of hydrogen-bond donors (Lipinski definition) is 2. The number of nitrogens with one attached hydrogen (secondary N) is 2. The van der Waals surface area contributed by atoms with Crippen molar-refractivity contribution in [1.29, 1.82) is 0 Å². The molecule has 0 bridgehead atoms. The Kier molecular flexibility index (Phi) is 7.54. The lowest BCUT2D eigenvalue weighted by molar-refractivity contribution is 0.0379. The zero-order valence-corrected chi connectivity index (χ0v) is 20.4. The fraction of sp³-hybridized carbons (Fsp3) is 0.435. The molecule has 2 aliphatic heterocycles. The van der Waals surface area contributed by atoms with Crippen LogP contribution in [0.4, 0.5) is 26.6 Å². The van der Waals surface area contributed by atoms with Crippen molar-refractivity contribution in [3.8, 4) is 0 Å². The molecule has 0 spiro atoms. The molecule has 2 aromatic heterocycles. The lowest BCUT2D eigenvalue weighted by Gasteiger charge is -2.38. The van der Waals surface area contributed by atoms with Crippen LogP contribution in [0, 0.1) is 5.82 Å². The molecule has 2 aliphatic rings. The van der Waals surface area contributed by atoms with Gasteiger partial charge in [0, 0.05) is 58.0 Å². The topological polar surface area (TPSA) is 112 Å². The summed E-state index contributed by atoms with van der Waals surface area (Å²) in [5, 5.41) is 6.39. The Morgan fingerprint density at radius 1 is 1.06 bits per heavy atom. The number of carbonyl (C=O) groups is 1. The largest absolute Gasteiger partial charge is 0.378 e. The van der Waals surface area contributed by atoms with Crippen molar-refractivity contribution in [3.63, 3.8) is 0 Å². The van der Waals surface area contributed by atoms with Gasteiger partial charge in [0.25, 0.3) is 0 Å². The van der Waals surface area contributed by atoms with Gasteiger partial charge in [-0.2, -0.15) is 0 Å². The molecule has 2 saturated heterocycles. The normalized spacial score (nSPS) is 16.8. The Balaban J connectivity index is 1.15. The molecule has 4 heterocycles. The molecule has 5 rings (SSSR count). The first kappa shape index (κ1) is 24.3. The SMILES string of the molecule is O=C(N1CCOCC1)N1CCN(CCNc2ncc3ncnc(Nc4ccc(F)c(Cl)c4)c3n2)CC1. The molecule has 0 atom stereocenters. The van der Waals surface area contributed by atoms with Crippen LogP contribution >= 0.6 is 11.6 Å². The monoisotopic (exact) mass is 515 g/mol. The van der Waals surface area contributed by atoms with E-state index in [-0.39, 0.29) is 11.1 Å². The molecule has 11 nitrogen and oxygen atoms in total. The lowest BCUT2D eigenvalue weighted by Crippen LogP contribution is -2.55. The van der Waals surface area contributed by atoms with E-state index in [9.17, 15) is 9.18 Å². The van der Waals surface area contributed by atoms with E-state index in [1.54, 1.807) is 12.3 Å². The second-order valence-electron chi connectivity index (χ2n) is 8.54. The van der Waals surface area contributed by atoms with Gasteiger partial charge in [0.1, 0.15) is 23.2 Å². The fourth-order valence-corrected chi connectivity index (χ4v) is 4.37. The van der Waals surface area contributed by atoms with Crippen LogP contribution in [0.5, 0.6) is 0 Å². The summed E-state index contributed by atoms with van der Waals surface area (Å²) in [6.45, 7) is 7.04. The third-order valence-electron chi connectivity index (χ3n) is 6.20. The average Bonchev–Trinajstić information content (AvgIpc) is 2.91. The van der Waals surface area contributed by atoms with Crippen LogP contribution in [0.2, 0.25) is 5.02 Å². The summed E-state index contributed by atoms with van der Waals surface area (Å²) in [7, 11) is 0. The zero-order chi connectivity index (χ0) is 24.9. The zero-order valence-electron chi connectivity index (χ0n) is 19.7. The van der Waals surface area contributed by atoms with E-state index in [4.69, 9.17) is 16.3 Å². The summed E-state index contributed by atoms with van der Waals surface area (Å²) in [5.41, 5.74) is 1.69. The highest BCUT2D eigenvalue weighted by molar-refractivity contribution is 6.31. The molecule has 1 aromatic carbocycles. The Bertz CT molecular complexity index is 1220. The number of aromatic nitrogens is 4. The van der Waals surface area contributed by atoms with Gasteiger partial charge in [-0.3, -0.25) is 4.90 Å². The quantitative estimate of drug-likeness (QED) is 0.511. The number of benzene rings is 1. The number of nitrogens with zero attached hydrogens (tertiary/aromatic N) is 7.